The molecule has 3 heterocycles. The fourth-order valence-electron chi connectivity index (χ4n) is 5.90. The molecule has 5 rings (SSSR count). The van der Waals surface area contributed by atoms with Crippen molar-refractivity contribution in [3.05, 3.63) is 47.5 Å². The molecule has 8 N–H and O–H groups in total. The summed E-state index contributed by atoms with van der Waals surface area (Å²) in [5, 5.41) is 79.9. The number of ether oxygens (including phenoxy) is 7. The van der Waals surface area contributed by atoms with Gasteiger partial charge in [-0.25, -0.2) is 0 Å². The first kappa shape index (κ1) is 35.0. The number of methoxy groups -OCH3 is 2. The minimum Gasteiger partial charge on any atom is -0.493 e. The summed E-state index contributed by atoms with van der Waals surface area (Å²) in [6, 6.07) is 9.75. The third kappa shape index (κ3) is 7.12. The molecule has 260 valence electrons. The highest BCUT2D eigenvalue weighted by molar-refractivity contribution is 5.76. The second kappa shape index (κ2) is 14.9. The molecule has 2 aromatic carbocycles. The van der Waals surface area contributed by atoms with Crippen molar-refractivity contribution in [1.82, 2.24) is 0 Å². The average molecular weight is 669 g/mol. The molecule has 0 saturated carbocycles. The van der Waals surface area contributed by atoms with E-state index in [1.54, 1.807) is 36.4 Å². The highest BCUT2D eigenvalue weighted by Gasteiger charge is 2.46. The summed E-state index contributed by atoms with van der Waals surface area (Å²) in [6.07, 6.45) is -14.4. The van der Waals surface area contributed by atoms with Gasteiger partial charge in [-0.1, -0.05) is 12.1 Å². The van der Waals surface area contributed by atoms with Crippen LogP contribution in [0.1, 0.15) is 17.0 Å². The van der Waals surface area contributed by atoms with Gasteiger partial charge in [-0.05, 0) is 41.8 Å². The van der Waals surface area contributed by atoms with E-state index in [0.29, 0.717) is 11.1 Å². The van der Waals surface area contributed by atoms with Crippen LogP contribution in [0.3, 0.4) is 0 Å². The largest absolute Gasteiger partial charge is 0.493 e. The highest BCUT2D eigenvalue weighted by Crippen LogP contribution is 2.40. The van der Waals surface area contributed by atoms with Crippen molar-refractivity contribution in [2.45, 2.75) is 73.8 Å². The lowest BCUT2D eigenvalue weighted by Crippen LogP contribution is -2.60. The molecule has 0 aromatic heterocycles. The Balaban J connectivity index is 1.30. The molecule has 2 aromatic rings. The van der Waals surface area contributed by atoms with Crippen LogP contribution in [-0.2, 0) is 25.4 Å². The van der Waals surface area contributed by atoms with Crippen LogP contribution in [-0.4, -0.2) is 142 Å². The number of carbonyl (C=O) groups is 1. The second-order valence-corrected chi connectivity index (χ2v) is 11.6. The summed E-state index contributed by atoms with van der Waals surface area (Å²) in [5.41, 5.74) is 1.37. The predicted octanol–water partition coefficient (Wildman–Crippen LogP) is -2.44. The van der Waals surface area contributed by atoms with E-state index in [-0.39, 0.29) is 36.0 Å². The van der Waals surface area contributed by atoms with Gasteiger partial charge in [0.2, 0.25) is 12.6 Å². The first-order valence-corrected chi connectivity index (χ1v) is 15.0. The number of aliphatic hydroxyl groups excluding tert-OH is 8. The Morgan fingerprint density at radius 3 is 1.70 bits per heavy atom. The van der Waals surface area contributed by atoms with E-state index in [1.807, 2.05) is 0 Å². The number of aliphatic hydroxyl groups is 8. The fourth-order valence-corrected chi connectivity index (χ4v) is 5.90. The molecule has 0 bridgehead atoms. The molecule has 0 unspecified atom stereocenters. The Morgan fingerprint density at radius 2 is 1.19 bits per heavy atom. The van der Waals surface area contributed by atoms with E-state index < -0.39 is 92.4 Å². The Morgan fingerprint density at radius 1 is 0.681 bits per heavy atom. The maximum Gasteiger partial charge on any atom is 0.310 e. The summed E-state index contributed by atoms with van der Waals surface area (Å²) in [5.74, 6) is -0.676. The standard InChI is InChI=1S/C31H40O16/c1-41-19-8-13(3-5-17(19)44-30-27(38)25(36)23(34)21(10-32)46-30)7-15-16(12-43-29(15)40)14-4-6-18(20(9-14)42-2)45-31-28(39)26(37)24(35)22(11-33)47-31/h3-6,8-9,15-16,21-28,30-39H,7,10-12H2,1-2H3/t15-,16+,21+,22+,23+,24+,25-,26-,27+,28+,30+,31-/m0/s1. The lowest BCUT2D eigenvalue weighted by molar-refractivity contribution is -0.277. The Labute approximate surface area is 269 Å². The van der Waals surface area contributed by atoms with Gasteiger partial charge in [0.05, 0.1) is 40.0 Å². The van der Waals surface area contributed by atoms with Crippen LogP contribution < -0.4 is 18.9 Å². The molecule has 3 saturated heterocycles. The molecular formula is C31H40O16. The molecule has 12 atom stereocenters. The van der Waals surface area contributed by atoms with Crippen LogP contribution in [0.4, 0.5) is 0 Å². The smallest absolute Gasteiger partial charge is 0.310 e. The SMILES string of the molecule is COc1cc(C[C@@H]2C(=O)OC[C@@H]2c2ccc(O[C@H]3O[C@H](CO)[C@@H](O)[C@H](O)[C@H]3O)c(OC)c2)ccc1O[C@@H]1O[C@H](CO)[C@@H](O)[C@H](O)[C@H]1O. The van der Waals surface area contributed by atoms with Gasteiger partial charge in [-0.15, -0.1) is 0 Å². The normalized spacial score (nSPS) is 35.7. The Bertz CT molecular complexity index is 1370. The molecular weight excluding hydrogens is 628 g/mol. The van der Waals surface area contributed by atoms with Crippen molar-refractivity contribution in [2.24, 2.45) is 5.92 Å². The third-order valence-electron chi connectivity index (χ3n) is 8.68. The molecule has 3 aliphatic rings. The van der Waals surface area contributed by atoms with E-state index >= 15 is 0 Å². The fraction of sp³-hybridized carbons (Fsp3) is 0.581. The number of benzene rings is 2. The van der Waals surface area contributed by atoms with Crippen LogP contribution in [0.5, 0.6) is 23.0 Å². The zero-order valence-electron chi connectivity index (χ0n) is 25.6. The van der Waals surface area contributed by atoms with Gasteiger partial charge in [0, 0.05) is 5.92 Å². The molecule has 3 fully saturated rings. The van der Waals surface area contributed by atoms with Crippen molar-refractivity contribution >= 4 is 5.97 Å². The summed E-state index contributed by atoms with van der Waals surface area (Å²) < 4.78 is 38.7. The van der Waals surface area contributed by atoms with Gasteiger partial charge in [0.15, 0.2) is 23.0 Å². The summed E-state index contributed by atoms with van der Waals surface area (Å²) in [6.45, 7) is -1.13. The van der Waals surface area contributed by atoms with E-state index in [2.05, 4.69) is 0 Å². The van der Waals surface area contributed by atoms with Gasteiger partial charge in [0.25, 0.3) is 0 Å². The number of carbonyl (C=O) groups excluding carboxylic acids is 1. The Kier molecular flexibility index (Phi) is 11.1. The second-order valence-electron chi connectivity index (χ2n) is 11.6. The van der Waals surface area contributed by atoms with Crippen LogP contribution in [0, 0.1) is 5.92 Å². The van der Waals surface area contributed by atoms with Crippen molar-refractivity contribution < 1.29 is 78.8 Å². The lowest BCUT2D eigenvalue weighted by atomic mass is 9.84. The van der Waals surface area contributed by atoms with Crippen LogP contribution in [0.2, 0.25) is 0 Å². The monoisotopic (exact) mass is 668 g/mol. The number of rotatable bonds is 11. The molecule has 47 heavy (non-hydrogen) atoms. The van der Waals surface area contributed by atoms with Crippen molar-refractivity contribution in [2.75, 3.05) is 34.0 Å². The summed E-state index contributed by atoms with van der Waals surface area (Å²) in [7, 11) is 2.79. The molecule has 16 nitrogen and oxygen atoms in total. The van der Waals surface area contributed by atoms with Crippen LogP contribution in [0.15, 0.2) is 36.4 Å². The summed E-state index contributed by atoms with van der Waals surface area (Å²) in [4.78, 5) is 12.9. The molecule has 16 heteroatoms. The maximum atomic E-state index is 12.9. The van der Waals surface area contributed by atoms with Gasteiger partial charge >= 0.3 is 5.97 Å². The third-order valence-corrected chi connectivity index (χ3v) is 8.68. The Hall–Kier alpha value is -3.29. The van der Waals surface area contributed by atoms with Gasteiger partial charge < -0.3 is 74.0 Å². The first-order valence-electron chi connectivity index (χ1n) is 15.0. The molecule has 0 amide bonds. The zero-order chi connectivity index (χ0) is 34.0. The summed E-state index contributed by atoms with van der Waals surface area (Å²) >= 11 is 0. The first-order chi connectivity index (χ1) is 22.5. The van der Waals surface area contributed by atoms with Crippen molar-refractivity contribution in [3.8, 4) is 23.0 Å². The average Bonchev–Trinajstić information content (AvgIpc) is 3.44. The van der Waals surface area contributed by atoms with Crippen molar-refractivity contribution in [3.63, 3.8) is 0 Å². The van der Waals surface area contributed by atoms with Crippen LogP contribution in [0.25, 0.3) is 0 Å². The highest BCUT2D eigenvalue weighted by atomic mass is 16.7. The molecule has 0 spiro atoms. The lowest BCUT2D eigenvalue weighted by Gasteiger charge is -2.39. The van der Waals surface area contributed by atoms with Gasteiger partial charge in [-0.3, -0.25) is 4.79 Å². The van der Waals surface area contributed by atoms with Crippen LogP contribution >= 0.6 is 0 Å². The molecule has 0 radical (unpaired) electrons. The predicted molar refractivity (Wildman–Crippen MR) is 156 cm³/mol. The minimum atomic E-state index is -1.62. The van der Waals surface area contributed by atoms with E-state index in [4.69, 9.17) is 33.2 Å². The molecule has 0 aliphatic carbocycles. The van der Waals surface area contributed by atoms with Gasteiger partial charge in [0.1, 0.15) is 48.8 Å². The number of hydrogen-bond acceptors (Lipinski definition) is 16. The topological polar surface area (TPSA) is 244 Å². The number of esters is 1. The quantitative estimate of drug-likeness (QED) is 0.116. The van der Waals surface area contributed by atoms with Crippen molar-refractivity contribution in [1.29, 1.82) is 0 Å². The zero-order valence-corrected chi connectivity index (χ0v) is 25.6. The molecule has 3 aliphatic heterocycles. The van der Waals surface area contributed by atoms with E-state index in [1.165, 1.54) is 14.2 Å². The van der Waals surface area contributed by atoms with Gasteiger partial charge in [-0.2, -0.15) is 0 Å². The minimum absolute atomic E-state index is 0.0923. The van der Waals surface area contributed by atoms with E-state index in [9.17, 15) is 45.6 Å². The number of hydrogen-bond donors (Lipinski definition) is 8. The van der Waals surface area contributed by atoms with E-state index in [0.717, 1.165) is 0 Å². The number of cyclic esters (lactones) is 1. The maximum absolute atomic E-state index is 12.9.